The molecule has 6 aromatic carbocycles. The summed E-state index contributed by atoms with van der Waals surface area (Å²) in [7, 11) is 0. The van der Waals surface area contributed by atoms with Crippen LogP contribution in [0.3, 0.4) is 0 Å². The first-order chi connectivity index (χ1) is 22.9. The maximum absolute atomic E-state index is 8.40. The SMILES string of the molecule is CC1(C)c2ccccc2C2(c3ccccc3Oc3ccc(-c4ccc(C(N)/C=C\C(=N)c5ccccc5)cc4)cc32)c2ccccc21. The predicted molar refractivity (Wildman–Crippen MR) is 192 cm³/mol. The molecule has 2 aliphatic rings. The summed E-state index contributed by atoms with van der Waals surface area (Å²) >= 11 is 0. The first-order valence-electron chi connectivity index (χ1n) is 16.2. The van der Waals surface area contributed by atoms with Gasteiger partial charge in [-0.3, -0.25) is 0 Å². The standard InChI is InChI=1S/C44H36N2O/c1-43(2)33-14-6-8-16-35(33)44(36-17-9-7-15-34(36)43)37-18-10-11-19-41(37)47-42-27-24-32(28-38(42)44)29-20-22-31(23-21-29)40(46)26-25-39(45)30-12-4-3-5-13-30/h3-28,40,45H,46H2,1-2H3/b26-25-,45-39?. The average Bonchev–Trinajstić information content (AvgIpc) is 3.12. The number of ether oxygens (including phenoxy) is 1. The third kappa shape index (κ3) is 4.50. The number of hydrogen-bond acceptors (Lipinski definition) is 3. The number of allylic oxidation sites excluding steroid dienone is 1. The smallest absolute Gasteiger partial charge is 0.132 e. The number of nitrogens with one attached hydrogen (secondary N) is 1. The van der Waals surface area contributed by atoms with Crippen molar-refractivity contribution in [3.8, 4) is 22.6 Å². The van der Waals surface area contributed by atoms with Gasteiger partial charge in [0.2, 0.25) is 0 Å². The Kier molecular flexibility index (Phi) is 6.82. The molecule has 0 bridgehead atoms. The highest BCUT2D eigenvalue weighted by Crippen LogP contribution is 2.61. The van der Waals surface area contributed by atoms with Crippen LogP contribution in [0.15, 0.2) is 158 Å². The maximum atomic E-state index is 8.40. The van der Waals surface area contributed by atoms with Gasteiger partial charge in [-0.15, -0.1) is 0 Å². The lowest BCUT2D eigenvalue weighted by Gasteiger charge is -2.50. The third-order valence-electron chi connectivity index (χ3n) is 10.1. The van der Waals surface area contributed by atoms with E-state index >= 15 is 0 Å². The second kappa shape index (κ2) is 11.1. The fourth-order valence-electron chi connectivity index (χ4n) is 7.72. The topological polar surface area (TPSA) is 59.1 Å². The summed E-state index contributed by atoms with van der Waals surface area (Å²) in [5.41, 5.74) is 18.0. The van der Waals surface area contributed by atoms with E-state index in [4.69, 9.17) is 15.9 Å². The Morgan fingerprint density at radius 1 is 0.596 bits per heavy atom. The van der Waals surface area contributed by atoms with E-state index in [0.717, 1.165) is 44.9 Å². The molecule has 0 radical (unpaired) electrons. The van der Waals surface area contributed by atoms with E-state index in [-0.39, 0.29) is 11.5 Å². The van der Waals surface area contributed by atoms with Crippen LogP contribution >= 0.6 is 0 Å². The van der Waals surface area contributed by atoms with Crippen molar-refractivity contribution >= 4 is 5.71 Å². The van der Waals surface area contributed by atoms with Crippen LogP contribution < -0.4 is 10.5 Å². The van der Waals surface area contributed by atoms with Crippen molar-refractivity contribution in [2.24, 2.45) is 5.73 Å². The van der Waals surface area contributed by atoms with Gasteiger partial charge < -0.3 is 15.9 Å². The van der Waals surface area contributed by atoms with E-state index in [2.05, 4.69) is 129 Å². The van der Waals surface area contributed by atoms with E-state index < -0.39 is 5.41 Å². The lowest BCUT2D eigenvalue weighted by atomic mass is 9.53. The van der Waals surface area contributed by atoms with Gasteiger partial charge in [0.05, 0.1) is 11.1 Å². The lowest BCUT2D eigenvalue weighted by molar-refractivity contribution is 0.425. The zero-order chi connectivity index (χ0) is 32.2. The van der Waals surface area contributed by atoms with Crippen LogP contribution in [0, 0.1) is 5.41 Å². The molecule has 3 nitrogen and oxygen atoms in total. The zero-order valence-electron chi connectivity index (χ0n) is 26.6. The molecule has 3 heteroatoms. The van der Waals surface area contributed by atoms with Crippen LogP contribution in [0.4, 0.5) is 0 Å². The molecule has 8 rings (SSSR count). The molecule has 1 aliphatic carbocycles. The largest absolute Gasteiger partial charge is 0.457 e. The molecule has 3 N–H and O–H groups in total. The summed E-state index contributed by atoms with van der Waals surface area (Å²) < 4.78 is 6.67. The van der Waals surface area contributed by atoms with E-state index in [9.17, 15) is 0 Å². The van der Waals surface area contributed by atoms with Crippen molar-refractivity contribution in [3.63, 3.8) is 0 Å². The summed E-state index contributed by atoms with van der Waals surface area (Å²) in [6.07, 6.45) is 3.68. The summed E-state index contributed by atoms with van der Waals surface area (Å²) in [6.45, 7) is 4.68. The van der Waals surface area contributed by atoms with Crippen molar-refractivity contribution in [1.29, 1.82) is 5.41 Å². The zero-order valence-corrected chi connectivity index (χ0v) is 26.6. The molecular weight excluding hydrogens is 572 g/mol. The van der Waals surface area contributed by atoms with Crippen LogP contribution in [-0.2, 0) is 10.8 Å². The molecule has 1 atom stereocenters. The minimum Gasteiger partial charge on any atom is -0.457 e. The molecule has 1 unspecified atom stereocenters. The maximum Gasteiger partial charge on any atom is 0.132 e. The van der Waals surface area contributed by atoms with E-state index in [1.54, 1.807) is 6.08 Å². The van der Waals surface area contributed by atoms with Crippen molar-refractivity contribution in [2.75, 3.05) is 0 Å². The Hall–Kier alpha value is -5.51. The number of rotatable bonds is 5. The first kappa shape index (κ1) is 28.9. The molecule has 0 saturated carbocycles. The Morgan fingerprint density at radius 2 is 1.13 bits per heavy atom. The van der Waals surface area contributed by atoms with Gasteiger partial charge in [0, 0.05) is 22.6 Å². The minimum absolute atomic E-state index is 0.161. The lowest BCUT2D eigenvalue weighted by Crippen LogP contribution is -2.43. The molecule has 0 fully saturated rings. The summed E-state index contributed by atoms with van der Waals surface area (Å²) in [6, 6.07) is 50.9. The third-order valence-corrected chi connectivity index (χ3v) is 10.1. The molecule has 1 spiro atoms. The molecule has 0 aromatic heterocycles. The molecule has 0 amide bonds. The van der Waals surface area contributed by atoms with Crippen molar-refractivity contribution < 1.29 is 4.74 Å². The van der Waals surface area contributed by atoms with Gasteiger partial charge in [0.25, 0.3) is 0 Å². The Morgan fingerprint density at radius 3 is 1.79 bits per heavy atom. The first-order valence-corrected chi connectivity index (χ1v) is 16.2. The Labute approximate surface area is 276 Å². The Bertz CT molecular complexity index is 2130. The van der Waals surface area contributed by atoms with E-state index in [0.29, 0.717) is 5.71 Å². The number of hydrogen-bond donors (Lipinski definition) is 2. The summed E-state index contributed by atoms with van der Waals surface area (Å²) in [4.78, 5) is 0. The number of fused-ring (bicyclic) bond motifs is 8. The quantitative estimate of drug-likeness (QED) is 0.191. The molecular formula is C44H36N2O. The van der Waals surface area contributed by atoms with Gasteiger partial charge in [-0.05, 0) is 68.8 Å². The van der Waals surface area contributed by atoms with Crippen molar-refractivity contribution in [3.05, 3.63) is 202 Å². The Balaban J connectivity index is 1.24. The minimum atomic E-state index is -0.542. The molecule has 1 heterocycles. The van der Waals surface area contributed by atoms with Crippen LogP contribution in [0.1, 0.15) is 64.4 Å². The number of benzene rings is 6. The van der Waals surface area contributed by atoms with Gasteiger partial charge in [-0.1, -0.05) is 147 Å². The highest BCUT2D eigenvalue weighted by atomic mass is 16.5. The van der Waals surface area contributed by atoms with Crippen molar-refractivity contribution in [1.82, 2.24) is 0 Å². The highest BCUT2D eigenvalue weighted by molar-refractivity contribution is 6.06. The molecule has 228 valence electrons. The second-order valence-electron chi connectivity index (χ2n) is 13.1. The van der Waals surface area contributed by atoms with Gasteiger partial charge in [-0.25, -0.2) is 0 Å². The normalized spacial score (nSPS) is 15.6. The highest BCUT2D eigenvalue weighted by Gasteiger charge is 2.52. The summed E-state index contributed by atoms with van der Waals surface area (Å²) in [5, 5.41) is 8.40. The monoisotopic (exact) mass is 608 g/mol. The van der Waals surface area contributed by atoms with Crippen LogP contribution in [-0.4, -0.2) is 5.71 Å². The van der Waals surface area contributed by atoms with E-state index in [1.807, 2.05) is 36.4 Å². The average molecular weight is 609 g/mol. The summed E-state index contributed by atoms with van der Waals surface area (Å²) in [5.74, 6) is 1.77. The fourth-order valence-corrected chi connectivity index (χ4v) is 7.72. The van der Waals surface area contributed by atoms with Crippen LogP contribution in [0.5, 0.6) is 11.5 Å². The van der Waals surface area contributed by atoms with Crippen LogP contribution in [0.25, 0.3) is 11.1 Å². The van der Waals surface area contributed by atoms with Gasteiger partial charge in [0.15, 0.2) is 0 Å². The van der Waals surface area contributed by atoms with Gasteiger partial charge in [-0.2, -0.15) is 0 Å². The molecule has 0 saturated heterocycles. The van der Waals surface area contributed by atoms with Crippen molar-refractivity contribution in [2.45, 2.75) is 30.7 Å². The molecule has 6 aromatic rings. The predicted octanol–water partition coefficient (Wildman–Crippen LogP) is 10.1. The number of para-hydroxylation sites is 1. The molecule has 47 heavy (non-hydrogen) atoms. The van der Waals surface area contributed by atoms with Crippen LogP contribution in [0.2, 0.25) is 0 Å². The van der Waals surface area contributed by atoms with Gasteiger partial charge in [0.1, 0.15) is 11.5 Å². The number of nitrogens with two attached hydrogens (primary N) is 1. The second-order valence-corrected chi connectivity index (χ2v) is 13.1. The van der Waals surface area contributed by atoms with E-state index in [1.165, 1.54) is 22.3 Å². The van der Waals surface area contributed by atoms with Gasteiger partial charge >= 0.3 is 0 Å². The fraction of sp³-hybridized carbons (Fsp3) is 0.114. The molecule has 1 aliphatic heterocycles.